The lowest BCUT2D eigenvalue weighted by Gasteiger charge is -2.27. The number of nitrogens with one attached hydrogen (secondary N) is 1. The van der Waals surface area contributed by atoms with Crippen LogP contribution in [0.1, 0.15) is 52.1 Å². The molecule has 1 heterocycles. The quantitative estimate of drug-likeness (QED) is 0.884. The highest BCUT2D eigenvalue weighted by atomic mass is 15.2. The standard InChI is InChI=1S/C18H30N2/c1-6-17(19-5)14-7-9-16(10-8-14)20-12-11-15(13-20)18(2,3)4/h7-10,15,17,19H,6,11-13H2,1-5H3. The van der Waals surface area contributed by atoms with Crippen LogP contribution in [-0.2, 0) is 0 Å². The summed E-state index contributed by atoms with van der Waals surface area (Å²) < 4.78 is 0. The van der Waals surface area contributed by atoms with Crippen molar-refractivity contribution in [3.8, 4) is 0 Å². The van der Waals surface area contributed by atoms with Crippen molar-refractivity contribution < 1.29 is 0 Å². The third-order valence-corrected chi connectivity index (χ3v) is 4.83. The first-order chi connectivity index (χ1) is 9.45. The smallest absolute Gasteiger partial charge is 0.0366 e. The monoisotopic (exact) mass is 274 g/mol. The third kappa shape index (κ3) is 3.35. The first kappa shape index (κ1) is 15.4. The molecular formula is C18H30N2. The van der Waals surface area contributed by atoms with Crippen LogP contribution in [0, 0.1) is 11.3 Å². The van der Waals surface area contributed by atoms with Gasteiger partial charge in [-0.25, -0.2) is 0 Å². The van der Waals surface area contributed by atoms with E-state index in [9.17, 15) is 0 Å². The average Bonchev–Trinajstić information content (AvgIpc) is 2.90. The molecule has 2 unspecified atom stereocenters. The van der Waals surface area contributed by atoms with Gasteiger partial charge in [0.2, 0.25) is 0 Å². The van der Waals surface area contributed by atoms with Gasteiger partial charge in [0.15, 0.2) is 0 Å². The van der Waals surface area contributed by atoms with E-state index in [0.717, 1.165) is 12.3 Å². The highest BCUT2D eigenvalue weighted by Gasteiger charge is 2.31. The SMILES string of the molecule is CCC(NC)c1ccc(N2CCC(C(C)(C)C)C2)cc1. The van der Waals surface area contributed by atoms with Gasteiger partial charge >= 0.3 is 0 Å². The van der Waals surface area contributed by atoms with E-state index in [-0.39, 0.29) is 0 Å². The fourth-order valence-electron chi connectivity index (χ4n) is 3.23. The Balaban J connectivity index is 2.04. The summed E-state index contributed by atoms with van der Waals surface area (Å²) in [6.45, 7) is 11.7. The maximum Gasteiger partial charge on any atom is 0.0366 e. The molecule has 112 valence electrons. The van der Waals surface area contributed by atoms with Gasteiger partial charge in [-0.15, -0.1) is 0 Å². The second-order valence-corrected chi connectivity index (χ2v) is 7.14. The van der Waals surface area contributed by atoms with Crippen molar-refractivity contribution >= 4 is 5.69 Å². The summed E-state index contributed by atoms with van der Waals surface area (Å²) in [6.07, 6.45) is 2.45. The minimum atomic E-state index is 0.425. The van der Waals surface area contributed by atoms with Gasteiger partial charge in [0.05, 0.1) is 0 Å². The molecule has 0 saturated carbocycles. The Kier molecular flexibility index (Phi) is 4.74. The first-order valence-corrected chi connectivity index (χ1v) is 7.98. The predicted molar refractivity (Wildman–Crippen MR) is 88.3 cm³/mol. The van der Waals surface area contributed by atoms with Gasteiger partial charge in [0.25, 0.3) is 0 Å². The fourth-order valence-corrected chi connectivity index (χ4v) is 3.23. The third-order valence-electron chi connectivity index (χ3n) is 4.83. The van der Waals surface area contributed by atoms with Crippen LogP contribution in [-0.4, -0.2) is 20.1 Å². The lowest BCUT2D eigenvalue weighted by atomic mass is 9.80. The molecule has 1 N–H and O–H groups in total. The zero-order valence-corrected chi connectivity index (χ0v) is 13.7. The first-order valence-electron chi connectivity index (χ1n) is 7.98. The van der Waals surface area contributed by atoms with Crippen molar-refractivity contribution in [3.63, 3.8) is 0 Å². The second-order valence-electron chi connectivity index (χ2n) is 7.14. The van der Waals surface area contributed by atoms with E-state index in [4.69, 9.17) is 0 Å². The van der Waals surface area contributed by atoms with Gasteiger partial charge in [-0.2, -0.15) is 0 Å². The van der Waals surface area contributed by atoms with Crippen LogP contribution in [0.25, 0.3) is 0 Å². The van der Waals surface area contributed by atoms with Crippen LogP contribution in [0.15, 0.2) is 24.3 Å². The van der Waals surface area contributed by atoms with Crippen molar-refractivity contribution in [3.05, 3.63) is 29.8 Å². The highest BCUT2D eigenvalue weighted by Crippen LogP contribution is 2.35. The summed E-state index contributed by atoms with van der Waals surface area (Å²) in [5.41, 5.74) is 3.20. The number of anilines is 1. The van der Waals surface area contributed by atoms with E-state index in [2.05, 4.69) is 62.2 Å². The molecule has 0 radical (unpaired) electrons. The molecule has 0 amide bonds. The van der Waals surface area contributed by atoms with Gasteiger partial charge in [0.1, 0.15) is 0 Å². The van der Waals surface area contributed by atoms with E-state index in [1.165, 1.54) is 30.8 Å². The Hall–Kier alpha value is -1.02. The Morgan fingerprint density at radius 1 is 1.25 bits per heavy atom. The molecule has 1 aliphatic heterocycles. The summed E-state index contributed by atoms with van der Waals surface area (Å²) in [5, 5.41) is 3.37. The molecular weight excluding hydrogens is 244 g/mol. The summed E-state index contributed by atoms with van der Waals surface area (Å²) in [5.74, 6) is 0.808. The minimum absolute atomic E-state index is 0.425. The average molecular weight is 274 g/mol. The van der Waals surface area contributed by atoms with Crippen LogP contribution in [0.5, 0.6) is 0 Å². The van der Waals surface area contributed by atoms with Gasteiger partial charge in [-0.3, -0.25) is 0 Å². The van der Waals surface area contributed by atoms with Crippen molar-refractivity contribution in [2.45, 2.75) is 46.6 Å². The van der Waals surface area contributed by atoms with E-state index in [0.29, 0.717) is 11.5 Å². The lowest BCUT2D eigenvalue weighted by Crippen LogP contribution is -2.25. The van der Waals surface area contributed by atoms with E-state index in [1.807, 2.05) is 7.05 Å². The molecule has 0 aliphatic carbocycles. The van der Waals surface area contributed by atoms with Gasteiger partial charge in [0, 0.05) is 24.8 Å². The van der Waals surface area contributed by atoms with Crippen LogP contribution < -0.4 is 10.2 Å². The predicted octanol–water partition coefficient (Wildman–Crippen LogP) is 4.23. The topological polar surface area (TPSA) is 15.3 Å². The Morgan fingerprint density at radius 3 is 2.35 bits per heavy atom. The molecule has 2 nitrogen and oxygen atoms in total. The molecule has 1 fully saturated rings. The maximum atomic E-state index is 3.37. The van der Waals surface area contributed by atoms with Crippen LogP contribution >= 0.6 is 0 Å². The molecule has 2 atom stereocenters. The zero-order valence-electron chi connectivity index (χ0n) is 13.7. The molecule has 0 bridgehead atoms. The zero-order chi connectivity index (χ0) is 14.8. The lowest BCUT2D eigenvalue weighted by molar-refractivity contribution is 0.263. The van der Waals surface area contributed by atoms with Crippen LogP contribution in [0.4, 0.5) is 5.69 Å². The molecule has 1 aliphatic rings. The number of benzene rings is 1. The van der Waals surface area contributed by atoms with Crippen molar-refractivity contribution in [2.24, 2.45) is 11.3 Å². The number of hydrogen-bond donors (Lipinski definition) is 1. The normalized spacial score (nSPS) is 21.2. The van der Waals surface area contributed by atoms with E-state index >= 15 is 0 Å². The summed E-state index contributed by atoms with van der Waals surface area (Å²) >= 11 is 0. The summed E-state index contributed by atoms with van der Waals surface area (Å²) in [6, 6.07) is 9.63. The number of nitrogens with zero attached hydrogens (tertiary/aromatic N) is 1. The Morgan fingerprint density at radius 2 is 1.90 bits per heavy atom. The molecule has 2 rings (SSSR count). The van der Waals surface area contributed by atoms with Gasteiger partial charge in [-0.1, -0.05) is 39.8 Å². The largest absolute Gasteiger partial charge is 0.371 e. The van der Waals surface area contributed by atoms with Crippen LogP contribution in [0.2, 0.25) is 0 Å². The number of hydrogen-bond acceptors (Lipinski definition) is 2. The van der Waals surface area contributed by atoms with Crippen molar-refractivity contribution in [1.82, 2.24) is 5.32 Å². The van der Waals surface area contributed by atoms with Gasteiger partial charge < -0.3 is 10.2 Å². The maximum absolute atomic E-state index is 3.37. The molecule has 0 aromatic heterocycles. The molecule has 1 saturated heterocycles. The number of rotatable bonds is 4. The second kappa shape index (κ2) is 6.17. The molecule has 1 aromatic carbocycles. The molecule has 20 heavy (non-hydrogen) atoms. The fraction of sp³-hybridized carbons (Fsp3) is 0.667. The highest BCUT2D eigenvalue weighted by molar-refractivity contribution is 5.49. The summed E-state index contributed by atoms with van der Waals surface area (Å²) in [7, 11) is 2.04. The summed E-state index contributed by atoms with van der Waals surface area (Å²) in [4.78, 5) is 2.54. The molecule has 2 heteroatoms. The van der Waals surface area contributed by atoms with Crippen molar-refractivity contribution in [1.29, 1.82) is 0 Å². The molecule has 1 aromatic rings. The van der Waals surface area contributed by atoms with Gasteiger partial charge in [-0.05, 0) is 48.9 Å². The van der Waals surface area contributed by atoms with Crippen LogP contribution in [0.3, 0.4) is 0 Å². The minimum Gasteiger partial charge on any atom is -0.371 e. The Labute approximate surface area is 124 Å². The molecule has 0 spiro atoms. The Bertz CT molecular complexity index is 412. The van der Waals surface area contributed by atoms with Crippen molar-refractivity contribution in [2.75, 3.05) is 25.0 Å². The van der Waals surface area contributed by atoms with E-state index in [1.54, 1.807) is 0 Å². The van der Waals surface area contributed by atoms with E-state index < -0.39 is 0 Å².